The molecule has 1 saturated heterocycles. The molecule has 2 aromatic rings. The molecule has 164 valence electrons. The van der Waals surface area contributed by atoms with Crippen LogP contribution in [0.15, 0.2) is 52.3 Å². The number of hydrogen-bond acceptors (Lipinski definition) is 5. The Hall–Kier alpha value is -2.55. The average molecular weight is 442 g/mol. The Morgan fingerprint density at radius 2 is 1.90 bits per heavy atom. The molecule has 2 aromatic carbocycles. The van der Waals surface area contributed by atoms with E-state index in [-0.39, 0.29) is 11.8 Å². The van der Waals surface area contributed by atoms with Crippen LogP contribution < -0.4 is 10.2 Å². The van der Waals surface area contributed by atoms with Crippen molar-refractivity contribution in [1.29, 1.82) is 0 Å². The summed E-state index contributed by atoms with van der Waals surface area (Å²) in [5, 5.41) is 2.96. The molecule has 1 N–H and O–H groups in total. The Bertz CT molecular complexity index is 1000. The van der Waals surface area contributed by atoms with Gasteiger partial charge in [0.25, 0.3) is 11.8 Å². The van der Waals surface area contributed by atoms with Crippen molar-refractivity contribution >= 4 is 28.3 Å². The van der Waals surface area contributed by atoms with Crippen molar-refractivity contribution < 1.29 is 18.5 Å². The number of benzene rings is 2. The number of hydrogen-bond donors (Lipinski definition) is 1. The van der Waals surface area contributed by atoms with E-state index in [2.05, 4.69) is 10.2 Å². The first kappa shape index (κ1) is 21.7. The van der Waals surface area contributed by atoms with E-state index in [4.69, 9.17) is 4.74 Å². The zero-order valence-corrected chi connectivity index (χ0v) is 18.5. The molecule has 2 aliphatic heterocycles. The number of fused-ring (bicyclic) bond motifs is 2. The zero-order chi connectivity index (χ0) is 21.8. The third kappa shape index (κ3) is 4.56. The maximum absolute atomic E-state index is 13.2. The van der Waals surface area contributed by atoms with Gasteiger partial charge in [-0.05, 0) is 50.2 Å². The van der Waals surface area contributed by atoms with Crippen molar-refractivity contribution in [3.63, 3.8) is 0 Å². The maximum atomic E-state index is 13.2. The topological polar surface area (TPSA) is 79.0 Å². The van der Waals surface area contributed by atoms with Crippen molar-refractivity contribution in [2.24, 2.45) is 0 Å². The Morgan fingerprint density at radius 3 is 2.68 bits per heavy atom. The van der Waals surface area contributed by atoms with Gasteiger partial charge in [0.2, 0.25) is 0 Å². The van der Waals surface area contributed by atoms with Crippen LogP contribution in [0.3, 0.4) is 0 Å². The fraction of sp³-hybridized carbons (Fsp3) is 0.391. The summed E-state index contributed by atoms with van der Waals surface area (Å²) in [5.41, 5.74) is 1.43. The van der Waals surface area contributed by atoms with Crippen LogP contribution in [-0.2, 0) is 15.5 Å². The molecule has 2 aliphatic rings. The highest BCUT2D eigenvalue weighted by Crippen LogP contribution is 2.35. The van der Waals surface area contributed by atoms with Crippen LogP contribution in [0.25, 0.3) is 0 Å². The van der Waals surface area contributed by atoms with E-state index in [0.717, 1.165) is 39.3 Å². The number of carbonyl (C=O) groups excluding carboxylic acids is 2. The number of amides is 2. The molecular formula is C23H27N3O4S. The summed E-state index contributed by atoms with van der Waals surface area (Å²) in [6.45, 7) is 7.17. The monoisotopic (exact) mass is 441 g/mol. The van der Waals surface area contributed by atoms with E-state index in [9.17, 15) is 13.8 Å². The lowest BCUT2D eigenvalue weighted by atomic mass is 10.1. The number of anilines is 1. The Morgan fingerprint density at radius 1 is 1.13 bits per heavy atom. The molecule has 0 aliphatic carbocycles. The summed E-state index contributed by atoms with van der Waals surface area (Å²) >= 11 is 0. The Kier molecular flexibility index (Phi) is 6.80. The maximum Gasteiger partial charge on any atom is 0.259 e. The molecule has 1 atom stereocenters. The molecule has 1 fully saturated rings. The van der Waals surface area contributed by atoms with E-state index < -0.39 is 10.8 Å². The number of morpholine rings is 1. The standard InChI is InChI=1S/C23H27N3O4S/c1-2-26-19-16-17(22(27)24-10-5-11-25-12-14-30-15-13-25)8-9-21(19)31(29)20-7-4-3-6-18(20)23(26)28/h3-4,6-9,16H,2,5,10-15H2,1H3,(H,24,27)/t31-/m1/s1. The van der Waals surface area contributed by atoms with Crippen LogP contribution in [0.1, 0.15) is 34.1 Å². The predicted octanol–water partition coefficient (Wildman–Crippen LogP) is 2.29. The second-order valence-electron chi connectivity index (χ2n) is 7.56. The van der Waals surface area contributed by atoms with E-state index in [1.54, 1.807) is 47.4 Å². The molecule has 0 spiro atoms. The molecule has 0 saturated carbocycles. The SMILES string of the molecule is CCN1C(=O)c2ccccc2[S@@](=O)c2ccc(C(=O)NCCCN3CCOCC3)cc21. The summed E-state index contributed by atoms with van der Waals surface area (Å²) in [5.74, 6) is -0.394. The van der Waals surface area contributed by atoms with Crippen molar-refractivity contribution in [3.8, 4) is 0 Å². The van der Waals surface area contributed by atoms with Gasteiger partial charge in [0.1, 0.15) is 0 Å². The van der Waals surface area contributed by atoms with E-state index in [1.807, 2.05) is 6.92 Å². The van der Waals surface area contributed by atoms with Crippen molar-refractivity contribution in [2.75, 3.05) is 50.8 Å². The van der Waals surface area contributed by atoms with Gasteiger partial charge in [0.05, 0.1) is 45.1 Å². The van der Waals surface area contributed by atoms with Gasteiger partial charge in [-0.1, -0.05) is 12.1 Å². The van der Waals surface area contributed by atoms with Crippen LogP contribution in [-0.4, -0.2) is 66.9 Å². The normalized spacial score (nSPS) is 18.8. The summed E-state index contributed by atoms with van der Waals surface area (Å²) < 4.78 is 18.5. The van der Waals surface area contributed by atoms with Crippen LogP contribution in [0.4, 0.5) is 5.69 Å². The Balaban J connectivity index is 1.49. The van der Waals surface area contributed by atoms with Crippen molar-refractivity contribution in [1.82, 2.24) is 10.2 Å². The number of nitrogens with one attached hydrogen (secondary N) is 1. The molecular weight excluding hydrogens is 414 g/mol. The lowest BCUT2D eigenvalue weighted by molar-refractivity contribution is 0.0374. The van der Waals surface area contributed by atoms with Gasteiger partial charge >= 0.3 is 0 Å². The molecule has 7 nitrogen and oxygen atoms in total. The summed E-state index contributed by atoms with van der Waals surface area (Å²) in [4.78, 5) is 30.8. The number of rotatable bonds is 6. The molecule has 31 heavy (non-hydrogen) atoms. The third-order valence-corrected chi connectivity index (χ3v) is 7.13. The minimum Gasteiger partial charge on any atom is -0.379 e. The molecule has 0 aromatic heterocycles. The highest BCUT2D eigenvalue weighted by molar-refractivity contribution is 7.85. The van der Waals surface area contributed by atoms with Gasteiger partial charge in [0.15, 0.2) is 0 Å². The lowest BCUT2D eigenvalue weighted by Crippen LogP contribution is -2.38. The zero-order valence-electron chi connectivity index (χ0n) is 17.6. The quantitative estimate of drug-likeness (QED) is 0.696. The fourth-order valence-electron chi connectivity index (χ4n) is 3.95. The smallest absolute Gasteiger partial charge is 0.259 e. The number of nitrogens with zero attached hydrogens (tertiary/aromatic N) is 2. The van der Waals surface area contributed by atoms with Gasteiger partial charge in [-0.15, -0.1) is 0 Å². The average Bonchev–Trinajstić information content (AvgIpc) is 2.90. The molecule has 2 heterocycles. The molecule has 0 unspecified atom stereocenters. The minimum absolute atomic E-state index is 0.194. The fourth-order valence-corrected chi connectivity index (χ4v) is 5.29. The van der Waals surface area contributed by atoms with Gasteiger partial charge < -0.3 is 15.0 Å². The molecule has 4 rings (SSSR count). The van der Waals surface area contributed by atoms with Crippen LogP contribution in [0.2, 0.25) is 0 Å². The van der Waals surface area contributed by atoms with Crippen LogP contribution in [0, 0.1) is 0 Å². The first-order chi connectivity index (χ1) is 15.1. The summed E-state index contributed by atoms with van der Waals surface area (Å²) in [6, 6.07) is 12.0. The summed E-state index contributed by atoms with van der Waals surface area (Å²) in [6.07, 6.45) is 0.857. The number of carbonyl (C=O) groups is 2. The van der Waals surface area contributed by atoms with Gasteiger partial charge in [0, 0.05) is 31.7 Å². The van der Waals surface area contributed by atoms with Gasteiger partial charge in [-0.2, -0.15) is 0 Å². The minimum atomic E-state index is -1.49. The second-order valence-corrected chi connectivity index (χ2v) is 8.98. The molecule has 8 heteroatoms. The van der Waals surface area contributed by atoms with Crippen molar-refractivity contribution in [3.05, 3.63) is 53.6 Å². The highest BCUT2D eigenvalue weighted by Gasteiger charge is 2.30. The third-order valence-electron chi connectivity index (χ3n) is 5.63. The van der Waals surface area contributed by atoms with Gasteiger partial charge in [-0.3, -0.25) is 14.5 Å². The highest BCUT2D eigenvalue weighted by atomic mass is 32.2. The van der Waals surface area contributed by atoms with Gasteiger partial charge in [-0.25, -0.2) is 4.21 Å². The van der Waals surface area contributed by atoms with Crippen molar-refractivity contribution in [2.45, 2.75) is 23.1 Å². The second kappa shape index (κ2) is 9.72. The lowest BCUT2D eigenvalue weighted by Gasteiger charge is -2.26. The molecule has 0 radical (unpaired) electrons. The van der Waals surface area contributed by atoms with Crippen LogP contribution in [0.5, 0.6) is 0 Å². The van der Waals surface area contributed by atoms with E-state index in [1.165, 1.54) is 0 Å². The summed E-state index contributed by atoms with van der Waals surface area (Å²) in [7, 11) is -1.49. The first-order valence-corrected chi connectivity index (χ1v) is 11.8. The predicted molar refractivity (Wildman–Crippen MR) is 119 cm³/mol. The Labute approximate surface area is 184 Å². The van der Waals surface area contributed by atoms with Crippen LogP contribution >= 0.6 is 0 Å². The molecule has 0 bridgehead atoms. The molecule has 2 amide bonds. The number of ether oxygens (including phenoxy) is 1. The van der Waals surface area contributed by atoms with E-state index >= 15 is 0 Å². The first-order valence-electron chi connectivity index (χ1n) is 10.6. The largest absolute Gasteiger partial charge is 0.379 e. The van der Waals surface area contributed by atoms with E-state index in [0.29, 0.717) is 39.7 Å².